The summed E-state index contributed by atoms with van der Waals surface area (Å²) in [6, 6.07) is 11.2. The molecule has 1 N–H and O–H groups in total. The van der Waals surface area contributed by atoms with Crippen LogP contribution in [0.15, 0.2) is 43.0 Å². The van der Waals surface area contributed by atoms with Crippen LogP contribution >= 0.6 is 0 Å². The Bertz CT molecular complexity index is 387. The highest BCUT2D eigenvalue weighted by atomic mass is 15.2. The van der Waals surface area contributed by atoms with Gasteiger partial charge in [0, 0.05) is 19.1 Å². The summed E-state index contributed by atoms with van der Waals surface area (Å²) in [5.74, 6) is 0. The van der Waals surface area contributed by atoms with Crippen LogP contribution in [0.25, 0.3) is 0 Å². The van der Waals surface area contributed by atoms with E-state index in [0.29, 0.717) is 6.04 Å². The molecule has 2 heteroatoms. The van der Waals surface area contributed by atoms with Crippen LogP contribution in [0, 0.1) is 0 Å². The molecule has 2 nitrogen and oxygen atoms in total. The summed E-state index contributed by atoms with van der Waals surface area (Å²) in [6.45, 7) is 11.7. The average molecular weight is 244 g/mol. The fourth-order valence-corrected chi connectivity index (χ4v) is 2.68. The van der Waals surface area contributed by atoms with Crippen molar-refractivity contribution in [2.45, 2.75) is 31.8 Å². The van der Waals surface area contributed by atoms with E-state index in [9.17, 15) is 0 Å². The fraction of sp³-hybridized carbons (Fsp3) is 0.500. The van der Waals surface area contributed by atoms with Crippen LogP contribution < -0.4 is 5.32 Å². The van der Waals surface area contributed by atoms with Gasteiger partial charge >= 0.3 is 0 Å². The van der Waals surface area contributed by atoms with Gasteiger partial charge in [-0.1, -0.05) is 36.4 Å². The van der Waals surface area contributed by atoms with E-state index in [1.165, 1.54) is 12.0 Å². The number of benzene rings is 1. The molecule has 0 aliphatic carbocycles. The maximum atomic E-state index is 3.92. The largest absolute Gasteiger partial charge is 0.307 e. The van der Waals surface area contributed by atoms with Gasteiger partial charge in [0.05, 0.1) is 5.54 Å². The molecular formula is C16H24N2. The topological polar surface area (TPSA) is 15.3 Å². The third-order valence-corrected chi connectivity index (χ3v) is 3.98. The van der Waals surface area contributed by atoms with Crippen molar-refractivity contribution in [3.63, 3.8) is 0 Å². The van der Waals surface area contributed by atoms with Crippen LogP contribution in [0.1, 0.15) is 25.8 Å². The molecule has 1 aliphatic rings. The SMILES string of the molecule is C=CC(C)N1CCCNC(C)(c2ccccc2)C1. The van der Waals surface area contributed by atoms with E-state index in [4.69, 9.17) is 0 Å². The molecule has 0 bridgehead atoms. The monoisotopic (exact) mass is 244 g/mol. The number of nitrogens with zero attached hydrogens (tertiary/aromatic N) is 1. The van der Waals surface area contributed by atoms with Gasteiger partial charge in [0.1, 0.15) is 0 Å². The summed E-state index contributed by atoms with van der Waals surface area (Å²) in [5, 5.41) is 3.71. The Morgan fingerprint density at radius 3 is 2.78 bits per heavy atom. The normalized spacial score (nSPS) is 27.4. The summed E-state index contributed by atoms with van der Waals surface area (Å²) >= 11 is 0. The lowest BCUT2D eigenvalue weighted by molar-refractivity contribution is 0.196. The average Bonchev–Trinajstić information content (AvgIpc) is 2.62. The highest BCUT2D eigenvalue weighted by Crippen LogP contribution is 2.25. The van der Waals surface area contributed by atoms with Crippen molar-refractivity contribution in [2.24, 2.45) is 0 Å². The standard InChI is InChI=1S/C16H24N2/c1-4-14(2)18-12-8-11-17-16(3,13-18)15-9-6-5-7-10-15/h4-7,9-10,14,17H,1,8,11-13H2,2-3H3. The van der Waals surface area contributed by atoms with Crippen molar-refractivity contribution in [3.8, 4) is 0 Å². The van der Waals surface area contributed by atoms with E-state index in [1.54, 1.807) is 0 Å². The number of hydrogen-bond acceptors (Lipinski definition) is 2. The van der Waals surface area contributed by atoms with E-state index >= 15 is 0 Å². The maximum Gasteiger partial charge on any atom is 0.0535 e. The molecule has 1 heterocycles. The molecule has 18 heavy (non-hydrogen) atoms. The first-order valence-electron chi connectivity index (χ1n) is 6.83. The number of hydrogen-bond donors (Lipinski definition) is 1. The molecule has 98 valence electrons. The van der Waals surface area contributed by atoms with E-state index in [0.717, 1.165) is 19.6 Å². The molecule has 1 saturated heterocycles. The van der Waals surface area contributed by atoms with E-state index < -0.39 is 0 Å². The predicted molar refractivity (Wildman–Crippen MR) is 77.6 cm³/mol. The van der Waals surface area contributed by atoms with Gasteiger partial charge in [-0.05, 0) is 32.4 Å². The number of rotatable bonds is 3. The van der Waals surface area contributed by atoms with Crippen LogP contribution in [0.2, 0.25) is 0 Å². The van der Waals surface area contributed by atoms with E-state index in [2.05, 4.69) is 61.0 Å². The Morgan fingerprint density at radius 2 is 2.11 bits per heavy atom. The van der Waals surface area contributed by atoms with Crippen molar-refractivity contribution >= 4 is 0 Å². The van der Waals surface area contributed by atoms with Gasteiger partial charge in [0.15, 0.2) is 0 Å². The highest BCUT2D eigenvalue weighted by molar-refractivity contribution is 5.24. The van der Waals surface area contributed by atoms with Crippen molar-refractivity contribution in [2.75, 3.05) is 19.6 Å². The van der Waals surface area contributed by atoms with Crippen molar-refractivity contribution < 1.29 is 0 Å². The Morgan fingerprint density at radius 1 is 1.39 bits per heavy atom. The molecule has 0 aromatic heterocycles. The number of nitrogens with one attached hydrogen (secondary N) is 1. The maximum absolute atomic E-state index is 3.92. The van der Waals surface area contributed by atoms with Gasteiger partial charge in [0.2, 0.25) is 0 Å². The summed E-state index contributed by atoms with van der Waals surface area (Å²) in [6.07, 6.45) is 3.23. The third kappa shape index (κ3) is 2.82. The molecule has 0 radical (unpaired) electrons. The third-order valence-electron chi connectivity index (χ3n) is 3.98. The zero-order valence-corrected chi connectivity index (χ0v) is 11.5. The van der Waals surface area contributed by atoms with Crippen LogP contribution in [-0.2, 0) is 5.54 Å². The Kier molecular flexibility index (Phi) is 4.20. The minimum atomic E-state index is 0.0367. The first-order valence-corrected chi connectivity index (χ1v) is 6.83. The first-order chi connectivity index (χ1) is 8.65. The Balaban J connectivity index is 2.23. The van der Waals surface area contributed by atoms with Crippen LogP contribution in [0.5, 0.6) is 0 Å². The molecular weight excluding hydrogens is 220 g/mol. The van der Waals surface area contributed by atoms with Gasteiger partial charge in [-0.15, -0.1) is 6.58 Å². The summed E-state index contributed by atoms with van der Waals surface area (Å²) in [5.41, 5.74) is 1.41. The zero-order chi connectivity index (χ0) is 13.0. The molecule has 1 aromatic rings. The van der Waals surface area contributed by atoms with Crippen LogP contribution in [0.4, 0.5) is 0 Å². The summed E-state index contributed by atoms with van der Waals surface area (Å²) in [4.78, 5) is 2.51. The van der Waals surface area contributed by atoms with E-state index in [-0.39, 0.29) is 5.54 Å². The second kappa shape index (κ2) is 5.68. The van der Waals surface area contributed by atoms with Gasteiger partial charge in [-0.25, -0.2) is 0 Å². The van der Waals surface area contributed by atoms with Gasteiger partial charge in [-0.3, -0.25) is 4.90 Å². The molecule has 0 saturated carbocycles. The lowest BCUT2D eigenvalue weighted by Gasteiger charge is -2.36. The Hall–Kier alpha value is -1.12. The minimum absolute atomic E-state index is 0.0367. The molecule has 2 atom stereocenters. The fourth-order valence-electron chi connectivity index (χ4n) is 2.68. The summed E-state index contributed by atoms with van der Waals surface area (Å²) < 4.78 is 0. The second-order valence-corrected chi connectivity index (χ2v) is 5.43. The highest BCUT2D eigenvalue weighted by Gasteiger charge is 2.31. The van der Waals surface area contributed by atoms with Crippen molar-refractivity contribution in [3.05, 3.63) is 48.6 Å². The smallest absolute Gasteiger partial charge is 0.0535 e. The second-order valence-electron chi connectivity index (χ2n) is 5.43. The molecule has 0 spiro atoms. The quantitative estimate of drug-likeness (QED) is 0.823. The minimum Gasteiger partial charge on any atom is -0.307 e. The van der Waals surface area contributed by atoms with E-state index in [1.807, 2.05) is 6.08 Å². The van der Waals surface area contributed by atoms with Crippen molar-refractivity contribution in [1.82, 2.24) is 10.2 Å². The van der Waals surface area contributed by atoms with Crippen molar-refractivity contribution in [1.29, 1.82) is 0 Å². The zero-order valence-electron chi connectivity index (χ0n) is 11.5. The van der Waals surface area contributed by atoms with Crippen LogP contribution in [0.3, 0.4) is 0 Å². The molecule has 1 aromatic carbocycles. The lowest BCUT2D eigenvalue weighted by Crippen LogP contribution is -2.48. The van der Waals surface area contributed by atoms with Crippen LogP contribution in [-0.4, -0.2) is 30.6 Å². The first kappa shape index (κ1) is 13.3. The molecule has 2 rings (SSSR count). The molecule has 1 aliphatic heterocycles. The molecule has 2 unspecified atom stereocenters. The summed E-state index contributed by atoms with van der Waals surface area (Å²) in [7, 11) is 0. The van der Waals surface area contributed by atoms with Gasteiger partial charge in [-0.2, -0.15) is 0 Å². The lowest BCUT2D eigenvalue weighted by atomic mass is 9.91. The Labute approximate surface area is 111 Å². The molecule has 1 fully saturated rings. The van der Waals surface area contributed by atoms with Gasteiger partial charge < -0.3 is 5.32 Å². The molecule has 0 amide bonds. The van der Waals surface area contributed by atoms with Gasteiger partial charge in [0.25, 0.3) is 0 Å². The predicted octanol–water partition coefficient (Wildman–Crippen LogP) is 2.77.